The molecule has 1 aromatic rings. The fraction of sp³-hybridized carbons (Fsp3) is 0.667. The average Bonchev–Trinajstić information content (AvgIpc) is 3.33. The van der Waals surface area contributed by atoms with Gasteiger partial charge in [0.15, 0.2) is 17.4 Å². The lowest BCUT2D eigenvalue weighted by Crippen LogP contribution is -2.49. The van der Waals surface area contributed by atoms with Crippen molar-refractivity contribution in [3.63, 3.8) is 0 Å². The Labute approximate surface area is 295 Å². The number of ether oxygens (including phenoxy) is 2. The first-order valence-electron chi connectivity index (χ1n) is 18.4. The molecular weight excluding hydrogens is 614 g/mol. The fourth-order valence-electron chi connectivity index (χ4n) is 8.69. The smallest absolute Gasteiger partial charge is 0.306 e. The standard InChI is InChI=1S/C42H61NO6/c1-12-16-27(25(2)33(44)19-15-20-35(46)49-41(7,8)9)23-34(45)36-31(24-32-37(36)42(32,10)11)39(47)38(43-26(3)48-40(4,5)6)30-21-28-17-13-14-18-29(28)22-30/h13-14,17-18,27,30-32,36-38,43H,2-3,12,15-16,19-24H2,1,4-11H3/t27?,31?,32?,36-,37?,38+/m1/s1. The first-order valence-corrected chi connectivity index (χ1v) is 18.4. The molecule has 3 aliphatic carbocycles. The van der Waals surface area contributed by atoms with Gasteiger partial charge in [-0.05, 0) is 126 Å². The third kappa shape index (κ3) is 9.52. The van der Waals surface area contributed by atoms with E-state index in [1.165, 1.54) is 11.1 Å². The van der Waals surface area contributed by atoms with Gasteiger partial charge in [-0.2, -0.15) is 0 Å². The molecule has 6 atom stereocenters. The third-order valence-electron chi connectivity index (χ3n) is 11.0. The number of rotatable bonds is 17. The molecule has 49 heavy (non-hydrogen) atoms. The molecule has 2 fully saturated rings. The molecule has 3 aliphatic rings. The molecule has 0 bridgehead atoms. The Morgan fingerprint density at radius 1 is 0.939 bits per heavy atom. The minimum Gasteiger partial charge on any atom is -0.474 e. The molecule has 1 N–H and O–H groups in total. The SMILES string of the molecule is C=C(N[C@H](C(=O)C1CC2C([C@H]1C(=O)CC(CCC)C(=C)C(=O)CCCC(=O)OC(C)(C)C)C2(C)C)C1Cc2ccccc2C1)OC(C)(C)C. The van der Waals surface area contributed by atoms with Crippen LogP contribution in [0, 0.1) is 40.9 Å². The van der Waals surface area contributed by atoms with E-state index in [0.717, 1.165) is 19.3 Å². The van der Waals surface area contributed by atoms with Gasteiger partial charge in [-0.25, -0.2) is 0 Å². The summed E-state index contributed by atoms with van der Waals surface area (Å²) in [6, 6.07) is 7.82. The molecule has 2 saturated carbocycles. The number of benzene rings is 1. The number of Topliss-reactive ketones (excluding diaryl/α,β-unsaturated/α-hetero) is 3. The number of hydrogen-bond donors (Lipinski definition) is 1. The Balaban J connectivity index is 1.50. The molecule has 0 aromatic heterocycles. The zero-order valence-electron chi connectivity index (χ0n) is 31.6. The molecule has 0 saturated heterocycles. The van der Waals surface area contributed by atoms with Gasteiger partial charge in [0, 0.05) is 31.1 Å². The van der Waals surface area contributed by atoms with Gasteiger partial charge in [-0.1, -0.05) is 58.0 Å². The molecule has 7 nitrogen and oxygen atoms in total. The van der Waals surface area contributed by atoms with E-state index in [9.17, 15) is 19.2 Å². The molecule has 1 aromatic carbocycles. The number of fused-ring (bicyclic) bond motifs is 2. The van der Waals surface area contributed by atoms with E-state index in [1.807, 2.05) is 60.6 Å². The first-order chi connectivity index (χ1) is 22.7. The zero-order valence-corrected chi connectivity index (χ0v) is 31.6. The number of esters is 1. The minimum atomic E-state index is -0.571. The van der Waals surface area contributed by atoms with E-state index in [-0.39, 0.29) is 65.8 Å². The fourth-order valence-corrected chi connectivity index (χ4v) is 8.69. The van der Waals surface area contributed by atoms with Crippen LogP contribution in [0.5, 0.6) is 0 Å². The second-order valence-corrected chi connectivity index (χ2v) is 17.5. The maximum atomic E-state index is 14.8. The minimum absolute atomic E-state index is 0.00266. The predicted octanol–water partition coefficient (Wildman–Crippen LogP) is 8.14. The number of nitrogens with one attached hydrogen (secondary N) is 1. The van der Waals surface area contributed by atoms with Crippen LogP contribution in [0.4, 0.5) is 0 Å². The summed E-state index contributed by atoms with van der Waals surface area (Å²) in [6.07, 6.45) is 4.64. The lowest BCUT2D eigenvalue weighted by atomic mass is 9.73. The van der Waals surface area contributed by atoms with Crippen LogP contribution < -0.4 is 5.32 Å². The molecule has 0 amide bonds. The summed E-state index contributed by atoms with van der Waals surface area (Å²) in [5.41, 5.74) is 1.92. The second-order valence-electron chi connectivity index (χ2n) is 17.5. The molecule has 0 aliphatic heterocycles. The van der Waals surface area contributed by atoms with Crippen LogP contribution in [0.2, 0.25) is 0 Å². The van der Waals surface area contributed by atoms with Crippen molar-refractivity contribution in [3.05, 3.63) is 60.0 Å². The molecule has 0 heterocycles. The van der Waals surface area contributed by atoms with E-state index in [1.54, 1.807) is 0 Å². The molecule has 4 rings (SSSR count). The van der Waals surface area contributed by atoms with Crippen LogP contribution in [0.15, 0.2) is 48.9 Å². The topological polar surface area (TPSA) is 98.8 Å². The number of allylic oxidation sites excluding steroid dienone is 1. The van der Waals surface area contributed by atoms with Crippen molar-refractivity contribution < 1.29 is 28.7 Å². The lowest BCUT2D eigenvalue weighted by Gasteiger charge is -2.33. The molecule has 0 spiro atoms. The van der Waals surface area contributed by atoms with Crippen LogP contribution in [-0.4, -0.2) is 40.6 Å². The monoisotopic (exact) mass is 675 g/mol. The lowest BCUT2D eigenvalue weighted by molar-refractivity contribution is -0.154. The Morgan fingerprint density at radius 2 is 1.53 bits per heavy atom. The normalized spacial score (nSPS) is 23.9. The molecule has 270 valence electrons. The van der Waals surface area contributed by atoms with Crippen molar-refractivity contribution >= 4 is 23.3 Å². The van der Waals surface area contributed by atoms with E-state index < -0.39 is 29.1 Å². The van der Waals surface area contributed by atoms with Crippen molar-refractivity contribution in [1.82, 2.24) is 5.32 Å². The van der Waals surface area contributed by atoms with Gasteiger partial charge in [-0.3, -0.25) is 19.2 Å². The van der Waals surface area contributed by atoms with Crippen molar-refractivity contribution in [3.8, 4) is 0 Å². The van der Waals surface area contributed by atoms with Crippen LogP contribution in [-0.2, 0) is 41.5 Å². The van der Waals surface area contributed by atoms with Gasteiger partial charge < -0.3 is 14.8 Å². The van der Waals surface area contributed by atoms with E-state index in [0.29, 0.717) is 36.6 Å². The summed E-state index contributed by atoms with van der Waals surface area (Å²) in [5, 5.41) is 3.40. The summed E-state index contributed by atoms with van der Waals surface area (Å²) >= 11 is 0. The van der Waals surface area contributed by atoms with Crippen molar-refractivity contribution in [2.24, 2.45) is 40.9 Å². The largest absolute Gasteiger partial charge is 0.474 e. The third-order valence-corrected chi connectivity index (χ3v) is 11.0. The highest BCUT2D eigenvalue weighted by molar-refractivity contribution is 5.98. The van der Waals surface area contributed by atoms with E-state index in [2.05, 4.69) is 44.5 Å². The highest BCUT2D eigenvalue weighted by Crippen LogP contribution is 2.71. The molecular formula is C42H61NO6. The number of hydrogen-bond acceptors (Lipinski definition) is 7. The molecule has 0 radical (unpaired) electrons. The van der Waals surface area contributed by atoms with Gasteiger partial charge in [0.25, 0.3) is 0 Å². The maximum absolute atomic E-state index is 14.8. The molecule has 7 heteroatoms. The van der Waals surface area contributed by atoms with Gasteiger partial charge in [0.1, 0.15) is 17.0 Å². The van der Waals surface area contributed by atoms with Crippen LogP contribution in [0.25, 0.3) is 0 Å². The Morgan fingerprint density at radius 3 is 2.08 bits per heavy atom. The number of ketones is 3. The van der Waals surface area contributed by atoms with Crippen molar-refractivity contribution in [2.75, 3.05) is 0 Å². The average molecular weight is 676 g/mol. The Kier molecular flexibility index (Phi) is 11.8. The predicted molar refractivity (Wildman–Crippen MR) is 193 cm³/mol. The van der Waals surface area contributed by atoms with Gasteiger partial charge in [-0.15, -0.1) is 0 Å². The van der Waals surface area contributed by atoms with Crippen LogP contribution in [0.3, 0.4) is 0 Å². The quantitative estimate of drug-likeness (QED) is 0.101. The van der Waals surface area contributed by atoms with Crippen molar-refractivity contribution in [2.45, 2.75) is 137 Å². The van der Waals surface area contributed by atoms with Crippen LogP contribution >= 0.6 is 0 Å². The zero-order chi connectivity index (χ0) is 36.5. The maximum Gasteiger partial charge on any atom is 0.306 e. The van der Waals surface area contributed by atoms with Gasteiger partial charge >= 0.3 is 5.97 Å². The highest BCUT2D eigenvalue weighted by atomic mass is 16.6. The van der Waals surface area contributed by atoms with E-state index in [4.69, 9.17) is 9.47 Å². The summed E-state index contributed by atoms with van der Waals surface area (Å²) in [5.74, 6) is -0.536. The first kappa shape index (κ1) is 38.6. The summed E-state index contributed by atoms with van der Waals surface area (Å²) in [4.78, 5) is 54.6. The summed E-state index contributed by atoms with van der Waals surface area (Å²) < 4.78 is 11.4. The number of carbonyl (C=O) groups excluding carboxylic acids is 4. The highest BCUT2D eigenvalue weighted by Gasteiger charge is 2.69. The van der Waals surface area contributed by atoms with E-state index >= 15 is 0 Å². The number of carbonyl (C=O) groups is 4. The second kappa shape index (κ2) is 14.9. The van der Waals surface area contributed by atoms with Crippen LogP contribution in [0.1, 0.15) is 118 Å². The van der Waals surface area contributed by atoms with Gasteiger partial charge in [0.05, 0.1) is 6.04 Å². The summed E-state index contributed by atoms with van der Waals surface area (Å²) in [6.45, 7) is 26.1. The molecule has 4 unspecified atom stereocenters. The van der Waals surface area contributed by atoms with Crippen molar-refractivity contribution in [1.29, 1.82) is 0 Å². The Bertz CT molecular complexity index is 1420. The Hall–Kier alpha value is -3.22. The summed E-state index contributed by atoms with van der Waals surface area (Å²) in [7, 11) is 0. The van der Waals surface area contributed by atoms with Gasteiger partial charge in [0.2, 0.25) is 0 Å².